The molecule has 0 spiro atoms. The van der Waals surface area contributed by atoms with Crippen molar-refractivity contribution in [2.45, 2.75) is 32.2 Å². The minimum Gasteiger partial charge on any atom is -0.368 e. The van der Waals surface area contributed by atoms with Gasteiger partial charge in [0.1, 0.15) is 5.82 Å². The number of halogens is 2. The van der Waals surface area contributed by atoms with Gasteiger partial charge in [-0.05, 0) is 37.6 Å². The molecular weight excluding hydrogens is 251 g/mol. The highest BCUT2D eigenvalue weighted by Gasteiger charge is 2.19. The molecule has 1 aliphatic rings. The summed E-state index contributed by atoms with van der Waals surface area (Å²) in [5.74, 6) is -0.184. The fraction of sp³-hybridized carbons (Fsp3) is 0.571. The van der Waals surface area contributed by atoms with E-state index in [2.05, 4.69) is 17.1 Å². The molecule has 1 fully saturated rings. The molecule has 1 atom stereocenters. The Morgan fingerprint density at radius 2 is 2.33 bits per heavy atom. The summed E-state index contributed by atoms with van der Waals surface area (Å²) in [6.45, 7) is 4.91. The average Bonchev–Trinajstić information content (AvgIpc) is 2.58. The fourth-order valence-electron chi connectivity index (χ4n) is 2.49. The zero-order valence-corrected chi connectivity index (χ0v) is 11.5. The molecule has 1 aromatic rings. The molecule has 0 bridgehead atoms. The molecule has 1 aromatic carbocycles. The standard InChI is InChI=1S/C14H20ClFN2/c1-2-4-12-10-18(8-3-7-17-12)14-9-11(15)5-6-13(14)16/h5-6,9,12,17H,2-4,7-8,10H2,1H3. The summed E-state index contributed by atoms with van der Waals surface area (Å²) in [7, 11) is 0. The van der Waals surface area contributed by atoms with Crippen LogP contribution in [0, 0.1) is 5.82 Å². The van der Waals surface area contributed by atoms with Crippen LogP contribution in [0.1, 0.15) is 26.2 Å². The largest absolute Gasteiger partial charge is 0.368 e. The number of benzene rings is 1. The van der Waals surface area contributed by atoms with Gasteiger partial charge in [0.25, 0.3) is 0 Å². The first-order valence-corrected chi connectivity index (χ1v) is 7.02. The van der Waals surface area contributed by atoms with Crippen molar-refractivity contribution in [3.05, 3.63) is 29.0 Å². The Hall–Kier alpha value is -0.800. The lowest BCUT2D eigenvalue weighted by Crippen LogP contribution is -2.37. The molecule has 2 nitrogen and oxygen atoms in total. The summed E-state index contributed by atoms with van der Waals surface area (Å²) in [6.07, 6.45) is 3.30. The second-order valence-electron chi connectivity index (χ2n) is 4.84. The Morgan fingerprint density at radius 3 is 3.11 bits per heavy atom. The van der Waals surface area contributed by atoms with Gasteiger partial charge in [-0.1, -0.05) is 24.9 Å². The number of hydrogen-bond donors (Lipinski definition) is 1. The quantitative estimate of drug-likeness (QED) is 0.905. The van der Waals surface area contributed by atoms with Crippen molar-refractivity contribution in [2.24, 2.45) is 0 Å². The number of rotatable bonds is 3. The predicted molar refractivity (Wildman–Crippen MR) is 74.9 cm³/mol. The van der Waals surface area contributed by atoms with Gasteiger partial charge in [-0.25, -0.2) is 4.39 Å². The van der Waals surface area contributed by atoms with Crippen molar-refractivity contribution in [2.75, 3.05) is 24.5 Å². The van der Waals surface area contributed by atoms with Crippen LogP contribution in [0.15, 0.2) is 18.2 Å². The van der Waals surface area contributed by atoms with E-state index in [1.165, 1.54) is 6.07 Å². The van der Waals surface area contributed by atoms with Crippen LogP contribution >= 0.6 is 11.6 Å². The monoisotopic (exact) mass is 270 g/mol. The summed E-state index contributed by atoms with van der Waals surface area (Å²) in [5.41, 5.74) is 0.632. The van der Waals surface area contributed by atoms with E-state index in [0.717, 1.165) is 38.9 Å². The molecule has 1 N–H and O–H groups in total. The number of nitrogens with zero attached hydrogens (tertiary/aromatic N) is 1. The SMILES string of the molecule is CCCC1CN(c2cc(Cl)ccc2F)CCCN1. The summed E-state index contributed by atoms with van der Waals surface area (Å²) in [6, 6.07) is 5.21. The first-order chi connectivity index (χ1) is 8.70. The van der Waals surface area contributed by atoms with E-state index in [0.29, 0.717) is 16.8 Å². The van der Waals surface area contributed by atoms with Crippen LogP contribution in [-0.2, 0) is 0 Å². The van der Waals surface area contributed by atoms with Crippen molar-refractivity contribution >= 4 is 17.3 Å². The highest BCUT2D eigenvalue weighted by atomic mass is 35.5. The lowest BCUT2D eigenvalue weighted by atomic mass is 10.1. The van der Waals surface area contributed by atoms with Gasteiger partial charge in [-0.15, -0.1) is 0 Å². The molecule has 1 heterocycles. The molecule has 1 unspecified atom stereocenters. The van der Waals surface area contributed by atoms with Gasteiger partial charge in [0.2, 0.25) is 0 Å². The fourth-order valence-corrected chi connectivity index (χ4v) is 2.65. The van der Waals surface area contributed by atoms with Crippen molar-refractivity contribution in [3.8, 4) is 0 Å². The molecule has 0 aliphatic carbocycles. The Labute approximate surface area is 113 Å². The first kappa shape index (κ1) is 13.6. The van der Waals surface area contributed by atoms with Crippen LogP contribution in [0.5, 0.6) is 0 Å². The topological polar surface area (TPSA) is 15.3 Å². The van der Waals surface area contributed by atoms with E-state index < -0.39 is 0 Å². The maximum Gasteiger partial charge on any atom is 0.146 e. The second kappa shape index (κ2) is 6.39. The van der Waals surface area contributed by atoms with E-state index in [9.17, 15) is 4.39 Å². The van der Waals surface area contributed by atoms with Gasteiger partial charge in [-0.3, -0.25) is 0 Å². The van der Waals surface area contributed by atoms with E-state index in [-0.39, 0.29) is 5.82 Å². The van der Waals surface area contributed by atoms with Crippen LogP contribution in [0.3, 0.4) is 0 Å². The number of nitrogens with one attached hydrogen (secondary N) is 1. The third-order valence-electron chi connectivity index (χ3n) is 3.36. The zero-order valence-electron chi connectivity index (χ0n) is 10.8. The van der Waals surface area contributed by atoms with Gasteiger partial charge in [0.15, 0.2) is 0 Å². The summed E-state index contributed by atoms with van der Waals surface area (Å²) in [4.78, 5) is 2.11. The predicted octanol–water partition coefficient (Wildman–Crippen LogP) is 3.45. The van der Waals surface area contributed by atoms with Crippen LogP contribution in [0.4, 0.5) is 10.1 Å². The molecule has 100 valence electrons. The van der Waals surface area contributed by atoms with Crippen molar-refractivity contribution in [1.29, 1.82) is 0 Å². The average molecular weight is 271 g/mol. The lowest BCUT2D eigenvalue weighted by molar-refractivity contribution is 0.500. The Kier molecular flexibility index (Phi) is 4.84. The van der Waals surface area contributed by atoms with Gasteiger partial charge in [0, 0.05) is 24.2 Å². The van der Waals surface area contributed by atoms with E-state index in [1.54, 1.807) is 12.1 Å². The second-order valence-corrected chi connectivity index (χ2v) is 5.27. The van der Waals surface area contributed by atoms with Crippen molar-refractivity contribution < 1.29 is 4.39 Å². The van der Waals surface area contributed by atoms with Gasteiger partial charge >= 0.3 is 0 Å². The maximum absolute atomic E-state index is 13.9. The molecule has 0 saturated carbocycles. The lowest BCUT2D eigenvalue weighted by Gasteiger charge is -2.26. The van der Waals surface area contributed by atoms with E-state index >= 15 is 0 Å². The third-order valence-corrected chi connectivity index (χ3v) is 3.60. The highest BCUT2D eigenvalue weighted by Crippen LogP contribution is 2.25. The normalized spacial score (nSPS) is 20.8. The highest BCUT2D eigenvalue weighted by molar-refractivity contribution is 6.30. The molecule has 18 heavy (non-hydrogen) atoms. The molecule has 0 aromatic heterocycles. The van der Waals surface area contributed by atoms with Crippen molar-refractivity contribution in [1.82, 2.24) is 5.32 Å². The van der Waals surface area contributed by atoms with Gasteiger partial charge in [-0.2, -0.15) is 0 Å². The maximum atomic E-state index is 13.9. The number of hydrogen-bond acceptors (Lipinski definition) is 2. The third kappa shape index (κ3) is 3.36. The summed E-state index contributed by atoms with van der Waals surface area (Å²) in [5, 5.41) is 4.11. The van der Waals surface area contributed by atoms with Crippen LogP contribution in [-0.4, -0.2) is 25.7 Å². The van der Waals surface area contributed by atoms with Crippen molar-refractivity contribution in [3.63, 3.8) is 0 Å². The van der Waals surface area contributed by atoms with E-state index in [4.69, 9.17) is 11.6 Å². The molecule has 4 heteroatoms. The molecule has 1 aliphatic heterocycles. The molecule has 2 rings (SSSR count). The summed E-state index contributed by atoms with van der Waals surface area (Å²) < 4.78 is 13.9. The van der Waals surface area contributed by atoms with Gasteiger partial charge < -0.3 is 10.2 Å². The van der Waals surface area contributed by atoms with E-state index in [1.807, 2.05) is 0 Å². The minimum atomic E-state index is -0.184. The molecular formula is C14H20ClFN2. The number of anilines is 1. The molecule has 0 radical (unpaired) electrons. The zero-order chi connectivity index (χ0) is 13.0. The Balaban J connectivity index is 2.16. The molecule has 0 amide bonds. The Morgan fingerprint density at radius 1 is 1.50 bits per heavy atom. The van der Waals surface area contributed by atoms with Crippen LogP contribution < -0.4 is 10.2 Å². The minimum absolute atomic E-state index is 0.184. The summed E-state index contributed by atoms with van der Waals surface area (Å²) >= 11 is 5.97. The van der Waals surface area contributed by atoms with Gasteiger partial charge in [0.05, 0.1) is 5.69 Å². The molecule has 1 saturated heterocycles. The first-order valence-electron chi connectivity index (χ1n) is 6.64. The van der Waals surface area contributed by atoms with Crippen LogP contribution in [0.25, 0.3) is 0 Å². The smallest absolute Gasteiger partial charge is 0.146 e. The van der Waals surface area contributed by atoms with Crippen LogP contribution in [0.2, 0.25) is 5.02 Å². The Bertz CT molecular complexity index is 397.